The molecule has 2 unspecified atom stereocenters. The van der Waals surface area contributed by atoms with Gasteiger partial charge in [-0.25, -0.2) is 0 Å². The fourth-order valence-electron chi connectivity index (χ4n) is 1.84. The maximum absolute atomic E-state index is 9.88. The minimum Gasteiger partial charge on any atom is -0.394 e. The third-order valence-corrected chi connectivity index (χ3v) is 2.73. The second-order valence-corrected chi connectivity index (χ2v) is 3.76. The van der Waals surface area contributed by atoms with Gasteiger partial charge in [0.2, 0.25) is 0 Å². The van der Waals surface area contributed by atoms with Crippen molar-refractivity contribution < 1.29 is 24.8 Å². The van der Waals surface area contributed by atoms with E-state index in [9.17, 15) is 10.2 Å². The normalized spacial score (nSPS) is 39.2. The fraction of sp³-hybridized carbons (Fsp3) is 0.800. The average Bonchev–Trinajstić information content (AvgIpc) is 2.29. The number of aliphatic hydroxyl groups excluding tert-OH is 3. The average molecular weight is 228 g/mol. The highest BCUT2D eigenvalue weighted by molar-refractivity contribution is 6.08. The molecule has 1 heterocycles. The van der Waals surface area contributed by atoms with E-state index >= 15 is 0 Å². The van der Waals surface area contributed by atoms with Gasteiger partial charge in [0.15, 0.2) is 0 Å². The minimum atomic E-state index is -1.07. The van der Waals surface area contributed by atoms with Crippen LogP contribution in [0.15, 0.2) is 0 Å². The SMILES string of the molecule is BC[C@H]1OC(CO)[C@H](O)[C@H](OCC#C)C1O. The van der Waals surface area contributed by atoms with Crippen molar-refractivity contribution in [3.05, 3.63) is 0 Å². The summed E-state index contributed by atoms with van der Waals surface area (Å²) in [5, 5.41) is 28.7. The summed E-state index contributed by atoms with van der Waals surface area (Å²) in [5.74, 6) is 2.27. The van der Waals surface area contributed by atoms with Crippen LogP contribution in [0.3, 0.4) is 0 Å². The van der Waals surface area contributed by atoms with Crippen LogP contribution in [-0.4, -0.2) is 66.9 Å². The zero-order valence-electron chi connectivity index (χ0n) is 9.24. The summed E-state index contributed by atoms with van der Waals surface area (Å²) in [6, 6.07) is 0. The minimum absolute atomic E-state index is 0.00731. The van der Waals surface area contributed by atoms with Gasteiger partial charge >= 0.3 is 0 Å². The maximum Gasteiger partial charge on any atom is 0.116 e. The van der Waals surface area contributed by atoms with E-state index in [4.69, 9.17) is 21.0 Å². The quantitative estimate of drug-likeness (QED) is 0.367. The molecule has 0 aromatic carbocycles. The van der Waals surface area contributed by atoms with Crippen LogP contribution in [0.2, 0.25) is 6.32 Å². The first kappa shape index (κ1) is 13.5. The zero-order valence-corrected chi connectivity index (χ0v) is 9.24. The monoisotopic (exact) mass is 228 g/mol. The van der Waals surface area contributed by atoms with Crippen molar-refractivity contribution in [2.75, 3.05) is 13.2 Å². The molecule has 0 radical (unpaired) electrons. The van der Waals surface area contributed by atoms with Crippen molar-refractivity contribution in [2.45, 2.75) is 36.8 Å². The van der Waals surface area contributed by atoms with E-state index in [1.165, 1.54) is 0 Å². The Labute approximate surface area is 95.8 Å². The molecule has 1 fully saturated rings. The molecule has 0 aromatic rings. The lowest BCUT2D eigenvalue weighted by molar-refractivity contribution is -0.234. The van der Waals surface area contributed by atoms with Crippen molar-refractivity contribution in [3.8, 4) is 12.3 Å². The lowest BCUT2D eigenvalue weighted by Crippen LogP contribution is -2.59. The summed E-state index contributed by atoms with van der Waals surface area (Å²) in [4.78, 5) is 0. The molecular weight excluding hydrogens is 211 g/mol. The summed E-state index contributed by atoms with van der Waals surface area (Å²) in [5.41, 5.74) is 0. The van der Waals surface area contributed by atoms with Crippen molar-refractivity contribution in [2.24, 2.45) is 0 Å². The standard InChI is InChI=1S/C10H17BO5/c1-2-3-15-10-8(13)6(4-11)16-7(5-12)9(10)14/h1,6-10,12-14H,3-5,11H2/t6-,7?,8?,9+,10-/m1/s1. The predicted molar refractivity (Wildman–Crippen MR) is 59.7 cm³/mol. The first-order valence-corrected chi connectivity index (χ1v) is 5.33. The summed E-state index contributed by atoms with van der Waals surface area (Å²) in [6.07, 6.45) is 1.61. The smallest absolute Gasteiger partial charge is 0.116 e. The number of ether oxygens (including phenoxy) is 2. The van der Waals surface area contributed by atoms with Gasteiger partial charge < -0.3 is 24.8 Å². The zero-order chi connectivity index (χ0) is 12.1. The van der Waals surface area contributed by atoms with E-state index in [2.05, 4.69) is 5.92 Å². The van der Waals surface area contributed by atoms with Crippen LogP contribution >= 0.6 is 0 Å². The summed E-state index contributed by atoms with van der Waals surface area (Å²) < 4.78 is 10.5. The van der Waals surface area contributed by atoms with E-state index < -0.39 is 30.5 Å². The molecule has 5 nitrogen and oxygen atoms in total. The van der Waals surface area contributed by atoms with E-state index in [0.29, 0.717) is 6.32 Å². The predicted octanol–water partition coefficient (Wildman–Crippen LogP) is -2.46. The Morgan fingerprint density at radius 1 is 1.31 bits per heavy atom. The Balaban J connectivity index is 2.72. The number of aliphatic hydroxyl groups is 3. The van der Waals surface area contributed by atoms with Gasteiger partial charge in [0.1, 0.15) is 38.9 Å². The molecule has 3 N–H and O–H groups in total. The molecule has 0 amide bonds. The topological polar surface area (TPSA) is 79.2 Å². The molecule has 0 bridgehead atoms. The van der Waals surface area contributed by atoms with Crippen LogP contribution in [0, 0.1) is 12.3 Å². The fourth-order valence-corrected chi connectivity index (χ4v) is 1.84. The summed E-state index contributed by atoms with van der Waals surface area (Å²) in [7, 11) is 1.85. The van der Waals surface area contributed by atoms with Crippen molar-refractivity contribution >= 4 is 7.85 Å². The van der Waals surface area contributed by atoms with Gasteiger partial charge in [0, 0.05) is 0 Å². The Morgan fingerprint density at radius 2 is 1.94 bits per heavy atom. The largest absolute Gasteiger partial charge is 0.394 e. The molecule has 90 valence electrons. The Morgan fingerprint density at radius 3 is 2.44 bits per heavy atom. The Kier molecular flexibility index (Phi) is 5.25. The molecule has 1 aliphatic rings. The molecule has 0 aliphatic carbocycles. The Hall–Kier alpha value is -0.575. The molecule has 16 heavy (non-hydrogen) atoms. The van der Waals surface area contributed by atoms with Crippen LogP contribution in [-0.2, 0) is 9.47 Å². The summed E-state index contributed by atoms with van der Waals surface area (Å²) >= 11 is 0. The highest BCUT2D eigenvalue weighted by Gasteiger charge is 2.43. The third kappa shape index (κ3) is 2.76. The molecule has 0 aromatic heterocycles. The van der Waals surface area contributed by atoms with Crippen LogP contribution in [0.25, 0.3) is 0 Å². The van der Waals surface area contributed by atoms with Gasteiger partial charge in [-0.3, -0.25) is 0 Å². The molecule has 1 rings (SSSR count). The highest BCUT2D eigenvalue weighted by atomic mass is 16.6. The number of hydrogen-bond donors (Lipinski definition) is 3. The maximum atomic E-state index is 9.88. The molecule has 6 heteroatoms. The highest BCUT2D eigenvalue weighted by Crippen LogP contribution is 2.24. The third-order valence-electron chi connectivity index (χ3n) is 2.73. The van der Waals surface area contributed by atoms with Crippen LogP contribution in [0.1, 0.15) is 0 Å². The van der Waals surface area contributed by atoms with E-state index in [1.807, 2.05) is 7.85 Å². The first-order valence-electron chi connectivity index (χ1n) is 5.33. The molecule has 0 saturated carbocycles. The van der Waals surface area contributed by atoms with Crippen molar-refractivity contribution in [3.63, 3.8) is 0 Å². The first-order chi connectivity index (χ1) is 7.65. The van der Waals surface area contributed by atoms with Crippen molar-refractivity contribution in [1.29, 1.82) is 0 Å². The van der Waals surface area contributed by atoms with Gasteiger partial charge in [-0.15, -0.1) is 6.42 Å². The van der Waals surface area contributed by atoms with E-state index in [-0.39, 0.29) is 13.2 Å². The van der Waals surface area contributed by atoms with E-state index in [0.717, 1.165) is 0 Å². The molecule has 1 aliphatic heterocycles. The molecule has 5 atom stereocenters. The van der Waals surface area contributed by atoms with Gasteiger partial charge in [0.05, 0.1) is 12.7 Å². The van der Waals surface area contributed by atoms with Crippen LogP contribution in [0.4, 0.5) is 0 Å². The van der Waals surface area contributed by atoms with Gasteiger partial charge in [-0.1, -0.05) is 12.2 Å². The molecule has 0 spiro atoms. The molecule has 1 saturated heterocycles. The Bertz CT molecular complexity index is 238. The van der Waals surface area contributed by atoms with Crippen LogP contribution in [0.5, 0.6) is 0 Å². The lowest BCUT2D eigenvalue weighted by Gasteiger charge is -2.41. The van der Waals surface area contributed by atoms with Gasteiger partial charge in [0.25, 0.3) is 0 Å². The summed E-state index contributed by atoms with van der Waals surface area (Å²) in [6.45, 7) is -0.312. The van der Waals surface area contributed by atoms with Gasteiger partial charge in [-0.05, 0) is 0 Å². The van der Waals surface area contributed by atoms with Crippen molar-refractivity contribution in [1.82, 2.24) is 0 Å². The second kappa shape index (κ2) is 6.23. The molecular formula is C10H17BO5. The van der Waals surface area contributed by atoms with E-state index in [1.54, 1.807) is 0 Å². The second-order valence-electron chi connectivity index (χ2n) is 3.76. The van der Waals surface area contributed by atoms with Gasteiger partial charge in [-0.2, -0.15) is 0 Å². The number of rotatable bonds is 4. The number of hydrogen-bond acceptors (Lipinski definition) is 5. The lowest BCUT2D eigenvalue weighted by atomic mass is 9.87. The number of terminal acetylenes is 1. The van der Waals surface area contributed by atoms with Crippen LogP contribution < -0.4 is 0 Å².